The van der Waals surface area contributed by atoms with Crippen molar-refractivity contribution in [3.8, 4) is 0 Å². The van der Waals surface area contributed by atoms with Crippen molar-refractivity contribution < 1.29 is 22.8 Å². The summed E-state index contributed by atoms with van der Waals surface area (Å²) in [4.78, 5) is 39.5. The molecule has 9 heteroatoms. The van der Waals surface area contributed by atoms with E-state index < -0.39 is 34.1 Å². The van der Waals surface area contributed by atoms with E-state index in [0.29, 0.717) is 5.56 Å². The Morgan fingerprint density at radius 2 is 1.62 bits per heavy atom. The van der Waals surface area contributed by atoms with E-state index in [0.717, 1.165) is 16.1 Å². The number of hydrogen-bond acceptors (Lipinski definition) is 5. The highest BCUT2D eigenvalue weighted by Gasteiger charge is 2.31. The number of nitrogens with one attached hydrogen (secondary N) is 1. The maximum atomic E-state index is 13.5. The molecule has 0 heterocycles. The predicted molar refractivity (Wildman–Crippen MR) is 133 cm³/mol. The maximum Gasteiger partial charge on any atom is 0.244 e. The number of benzene rings is 2. The van der Waals surface area contributed by atoms with E-state index in [4.69, 9.17) is 0 Å². The molecule has 184 valence electrons. The van der Waals surface area contributed by atoms with Crippen LogP contribution in [0.3, 0.4) is 0 Å². The zero-order valence-corrected chi connectivity index (χ0v) is 21.3. The first-order valence-electron chi connectivity index (χ1n) is 10.9. The Morgan fingerprint density at radius 3 is 2.15 bits per heavy atom. The number of rotatable bonds is 9. The van der Waals surface area contributed by atoms with E-state index in [1.807, 2.05) is 51.1 Å². The summed E-state index contributed by atoms with van der Waals surface area (Å²) in [5.74, 6) is -1.11. The number of nitrogens with zero attached hydrogens (tertiary/aromatic N) is 2. The molecule has 0 spiro atoms. The largest absolute Gasteiger partial charge is 0.350 e. The van der Waals surface area contributed by atoms with Crippen molar-refractivity contribution >= 4 is 33.3 Å². The molecule has 0 aliphatic rings. The Hall–Kier alpha value is -3.20. The van der Waals surface area contributed by atoms with Gasteiger partial charge in [0.2, 0.25) is 21.8 Å². The standard InChI is InChI=1S/C25H33N3O5S/c1-18(24(31)26-25(3,4)5)27(16-20-11-8-7-9-12-20)23(30)17-28(34(6,32)33)22-14-10-13-21(15-22)19(2)29/h7-15,18H,16-17H2,1-6H3,(H,26,31). The minimum atomic E-state index is -3.86. The van der Waals surface area contributed by atoms with Gasteiger partial charge in [0.1, 0.15) is 12.6 Å². The van der Waals surface area contributed by atoms with Crippen LogP contribution in [0.4, 0.5) is 5.69 Å². The van der Waals surface area contributed by atoms with E-state index in [1.54, 1.807) is 19.1 Å². The summed E-state index contributed by atoms with van der Waals surface area (Å²) in [6.45, 7) is 8.13. The SMILES string of the molecule is CC(=O)c1cccc(N(CC(=O)N(Cc2ccccc2)C(C)C(=O)NC(C)(C)C)S(C)(=O)=O)c1. The third kappa shape index (κ3) is 7.69. The molecule has 0 radical (unpaired) electrons. The minimum Gasteiger partial charge on any atom is -0.350 e. The smallest absolute Gasteiger partial charge is 0.244 e. The van der Waals surface area contributed by atoms with Gasteiger partial charge in [-0.05, 0) is 52.3 Å². The number of sulfonamides is 1. The first kappa shape index (κ1) is 27.0. The van der Waals surface area contributed by atoms with Gasteiger partial charge in [-0.1, -0.05) is 42.5 Å². The number of hydrogen-bond donors (Lipinski definition) is 1. The van der Waals surface area contributed by atoms with Crippen LogP contribution in [0.1, 0.15) is 50.5 Å². The van der Waals surface area contributed by atoms with Crippen molar-refractivity contribution in [1.82, 2.24) is 10.2 Å². The molecule has 0 aliphatic carbocycles. The highest BCUT2D eigenvalue weighted by atomic mass is 32.2. The van der Waals surface area contributed by atoms with Crippen LogP contribution in [0.5, 0.6) is 0 Å². The Kier molecular flexibility index (Phi) is 8.61. The van der Waals surface area contributed by atoms with Crippen molar-refractivity contribution in [2.75, 3.05) is 17.1 Å². The van der Waals surface area contributed by atoms with Crippen LogP contribution < -0.4 is 9.62 Å². The molecule has 0 fully saturated rings. The van der Waals surface area contributed by atoms with Gasteiger partial charge in [-0.2, -0.15) is 0 Å². The fraction of sp³-hybridized carbons (Fsp3) is 0.400. The van der Waals surface area contributed by atoms with Crippen LogP contribution >= 0.6 is 0 Å². The summed E-state index contributed by atoms with van der Waals surface area (Å²) in [6.07, 6.45) is 0.998. The number of carbonyl (C=O) groups excluding carboxylic acids is 3. The molecule has 1 N–H and O–H groups in total. The third-order valence-electron chi connectivity index (χ3n) is 5.08. The molecule has 34 heavy (non-hydrogen) atoms. The maximum absolute atomic E-state index is 13.5. The van der Waals surface area contributed by atoms with Gasteiger partial charge in [-0.15, -0.1) is 0 Å². The quantitative estimate of drug-likeness (QED) is 0.548. The van der Waals surface area contributed by atoms with E-state index in [9.17, 15) is 22.8 Å². The van der Waals surface area contributed by atoms with Crippen LogP contribution in [0.15, 0.2) is 54.6 Å². The third-order valence-corrected chi connectivity index (χ3v) is 6.22. The van der Waals surface area contributed by atoms with Gasteiger partial charge in [-0.3, -0.25) is 18.7 Å². The average molecular weight is 488 g/mol. The number of Topliss-reactive ketones (excluding diaryl/α,β-unsaturated/α-hetero) is 1. The lowest BCUT2D eigenvalue weighted by atomic mass is 10.1. The van der Waals surface area contributed by atoms with Crippen LogP contribution in [-0.4, -0.2) is 55.3 Å². The Morgan fingerprint density at radius 1 is 1.00 bits per heavy atom. The van der Waals surface area contributed by atoms with Gasteiger partial charge in [-0.25, -0.2) is 8.42 Å². The second-order valence-corrected chi connectivity index (χ2v) is 11.2. The van der Waals surface area contributed by atoms with Crippen molar-refractivity contribution in [2.24, 2.45) is 0 Å². The zero-order valence-electron chi connectivity index (χ0n) is 20.5. The van der Waals surface area contributed by atoms with Gasteiger partial charge in [0, 0.05) is 17.6 Å². The fourth-order valence-corrected chi connectivity index (χ4v) is 4.17. The van der Waals surface area contributed by atoms with Gasteiger partial charge < -0.3 is 10.2 Å². The summed E-state index contributed by atoms with van der Waals surface area (Å²) in [5, 5.41) is 2.87. The normalized spacial score (nSPS) is 12.5. The number of carbonyl (C=O) groups is 3. The molecule has 0 bridgehead atoms. The molecule has 0 saturated carbocycles. The Bertz CT molecular complexity index is 1140. The van der Waals surface area contributed by atoms with Crippen LogP contribution in [0, 0.1) is 0 Å². The molecule has 1 atom stereocenters. The molecule has 0 saturated heterocycles. The molecule has 0 aliphatic heterocycles. The first-order chi connectivity index (χ1) is 15.7. The lowest BCUT2D eigenvalue weighted by molar-refractivity contribution is -0.140. The summed E-state index contributed by atoms with van der Waals surface area (Å²) in [5.41, 5.74) is 0.835. The second kappa shape index (κ2) is 10.8. The van der Waals surface area contributed by atoms with Gasteiger partial charge in [0.05, 0.1) is 11.9 Å². The summed E-state index contributed by atoms with van der Waals surface area (Å²) in [7, 11) is -3.86. The highest BCUT2D eigenvalue weighted by Crippen LogP contribution is 2.21. The molecule has 1 unspecified atom stereocenters. The van der Waals surface area contributed by atoms with E-state index in [2.05, 4.69) is 5.32 Å². The van der Waals surface area contributed by atoms with E-state index >= 15 is 0 Å². The Labute approximate surface area is 202 Å². The highest BCUT2D eigenvalue weighted by molar-refractivity contribution is 7.92. The lowest BCUT2D eigenvalue weighted by Crippen LogP contribution is -2.54. The molecule has 2 rings (SSSR count). The summed E-state index contributed by atoms with van der Waals surface area (Å²) >= 11 is 0. The van der Waals surface area contributed by atoms with E-state index in [-0.39, 0.29) is 23.9 Å². The minimum absolute atomic E-state index is 0.128. The molecular weight excluding hydrogens is 454 g/mol. The molecule has 0 aromatic heterocycles. The second-order valence-electron chi connectivity index (χ2n) is 9.30. The predicted octanol–water partition coefficient (Wildman–Crippen LogP) is 2.99. The van der Waals surface area contributed by atoms with Crippen molar-refractivity contribution in [3.05, 3.63) is 65.7 Å². The van der Waals surface area contributed by atoms with Crippen molar-refractivity contribution in [1.29, 1.82) is 0 Å². The van der Waals surface area contributed by atoms with Crippen LogP contribution in [0.2, 0.25) is 0 Å². The molecule has 2 aromatic carbocycles. The monoisotopic (exact) mass is 487 g/mol. The fourth-order valence-electron chi connectivity index (χ4n) is 3.33. The average Bonchev–Trinajstić information content (AvgIpc) is 2.74. The topological polar surface area (TPSA) is 104 Å². The van der Waals surface area contributed by atoms with Crippen LogP contribution in [-0.2, 0) is 26.2 Å². The lowest BCUT2D eigenvalue weighted by Gasteiger charge is -2.33. The Balaban J connectivity index is 2.42. The summed E-state index contributed by atoms with van der Waals surface area (Å²) < 4.78 is 26.2. The zero-order chi connectivity index (χ0) is 25.7. The van der Waals surface area contributed by atoms with E-state index in [1.165, 1.54) is 24.0 Å². The summed E-state index contributed by atoms with van der Waals surface area (Å²) in [6, 6.07) is 14.4. The van der Waals surface area contributed by atoms with Crippen molar-refractivity contribution in [3.63, 3.8) is 0 Å². The first-order valence-corrected chi connectivity index (χ1v) is 12.8. The van der Waals surface area contributed by atoms with Gasteiger partial charge in [0.15, 0.2) is 5.78 Å². The number of amides is 2. The van der Waals surface area contributed by atoms with Gasteiger partial charge in [0.25, 0.3) is 0 Å². The van der Waals surface area contributed by atoms with Gasteiger partial charge >= 0.3 is 0 Å². The molecule has 2 amide bonds. The molecule has 2 aromatic rings. The molecular formula is C25H33N3O5S. The number of ketones is 1. The van der Waals surface area contributed by atoms with Crippen LogP contribution in [0.25, 0.3) is 0 Å². The van der Waals surface area contributed by atoms with Crippen molar-refractivity contribution in [2.45, 2.75) is 52.7 Å². The molecule has 8 nitrogen and oxygen atoms in total. The number of anilines is 1.